The van der Waals surface area contributed by atoms with Gasteiger partial charge >= 0.3 is 0 Å². The highest BCUT2D eigenvalue weighted by Gasteiger charge is 2.37. The number of aryl methyl sites for hydroxylation is 1. The zero-order valence-electron chi connectivity index (χ0n) is 12.8. The van der Waals surface area contributed by atoms with E-state index in [4.69, 9.17) is 4.74 Å². The van der Waals surface area contributed by atoms with Gasteiger partial charge in [-0.2, -0.15) is 0 Å². The van der Waals surface area contributed by atoms with Gasteiger partial charge in [0.05, 0.1) is 13.1 Å². The van der Waals surface area contributed by atoms with Crippen molar-refractivity contribution < 1.29 is 9.53 Å². The van der Waals surface area contributed by atoms with Crippen LogP contribution in [0, 0.1) is 12.3 Å². The maximum Gasteiger partial charge on any atom is 0.254 e. The van der Waals surface area contributed by atoms with Crippen molar-refractivity contribution in [3.63, 3.8) is 0 Å². The van der Waals surface area contributed by atoms with Crippen molar-refractivity contribution in [2.75, 3.05) is 13.1 Å². The van der Waals surface area contributed by atoms with Crippen LogP contribution in [0.2, 0.25) is 0 Å². The number of carbonyl (C=O) groups excluding carboxylic acids is 1. The number of carbonyl (C=O) groups is 1. The molecule has 0 aromatic carbocycles. The molecule has 0 atom stereocenters. The fourth-order valence-corrected chi connectivity index (χ4v) is 2.15. The first kappa shape index (κ1) is 14.6. The Kier molecular flexibility index (Phi) is 3.63. The molecule has 0 unspecified atom stereocenters. The minimum Gasteiger partial charge on any atom is -0.486 e. The topological polar surface area (TPSA) is 51.5 Å². The Bertz CT molecular complexity index is 578. The van der Waals surface area contributed by atoms with Crippen molar-refractivity contribution in [3.05, 3.63) is 28.2 Å². The molecule has 1 aromatic rings. The third-order valence-electron chi connectivity index (χ3n) is 3.56. The van der Waals surface area contributed by atoms with Crippen LogP contribution in [-0.2, 0) is 11.8 Å². The lowest BCUT2D eigenvalue weighted by Gasteiger charge is -2.41. The summed E-state index contributed by atoms with van der Waals surface area (Å²) >= 11 is 0. The molecule has 0 N–H and O–H groups in total. The summed E-state index contributed by atoms with van der Waals surface area (Å²) in [4.78, 5) is 25.5. The Morgan fingerprint density at radius 3 is 2.40 bits per heavy atom. The second-order valence-electron chi connectivity index (χ2n) is 6.43. The summed E-state index contributed by atoms with van der Waals surface area (Å²) in [6.07, 6.45) is -0.0205. The van der Waals surface area contributed by atoms with Crippen molar-refractivity contribution in [1.82, 2.24) is 9.47 Å². The highest BCUT2D eigenvalue weighted by Crippen LogP contribution is 2.24. The molecule has 5 heteroatoms. The SMILES string of the molecule is Cc1cc(OC2CN(C(=O)C(C)(C)C)C2)cc(=O)n1C. The molecule has 20 heavy (non-hydrogen) atoms. The molecule has 1 aliphatic heterocycles. The number of amides is 1. The molecule has 0 bridgehead atoms. The van der Waals surface area contributed by atoms with Crippen molar-refractivity contribution in [2.45, 2.75) is 33.8 Å². The second-order valence-corrected chi connectivity index (χ2v) is 6.43. The normalized spacial score (nSPS) is 15.9. The van der Waals surface area contributed by atoms with E-state index in [0.717, 1.165) is 5.69 Å². The van der Waals surface area contributed by atoms with Crippen LogP contribution in [0.25, 0.3) is 0 Å². The fourth-order valence-electron chi connectivity index (χ4n) is 2.15. The molecule has 1 aliphatic rings. The Morgan fingerprint density at radius 1 is 1.30 bits per heavy atom. The lowest BCUT2D eigenvalue weighted by atomic mass is 9.93. The van der Waals surface area contributed by atoms with Crippen LogP contribution in [0.5, 0.6) is 5.75 Å². The Labute approximate surface area is 119 Å². The van der Waals surface area contributed by atoms with Crippen molar-refractivity contribution >= 4 is 5.91 Å². The maximum absolute atomic E-state index is 12.0. The number of nitrogens with zero attached hydrogens (tertiary/aromatic N) is 2. The number of rotatable bonds is 2. The van der Waals surface area contributed by atoms with Gasteiger partial charge in [0.1, 0.15) is 11.9 Å². The molecule has 1 amide bonds. The van der Waals surface area contributed by atoms with E-state index in [9.17, 15) is 9.59 Å². The number of hydrogen-bond acceptors (Lipinski definition) is 3. The van der Waals surface area contributed by atoms with Gasteiger partial charge in [0.2, 0.25) is 5.91 Å². The van der Waals surface area contributed by atoms with Gasteiger partial charge < -0.3 is 14.2 Å². The summed E-state index contributed by atoms with van der Waals surface area (Å²) in [5.41, 5.74) is 0.418. The zero-order chi connectivity index (χ0) is 15.1. The average Bonchev–Trinajstić information content (AvgIpc) is 2.28. The van der Waals surface area contributed by atoms with E-state index in [2.05, 4.69) is 0 Å². The van der Waals surface area contributed by atoms with E-state index in [1.165, 1.54) is 6.07 Å². The summed E-state index contributed by atoms with van der Waals surface area (Å²) < 4.78 is 7.33. The van der Waals surface area contributed by atoms with Gasteiger partial charge in [-0.05, 0) is 13.0 Å². The number of aromatic nitrogens is 1. The predicted molar refractivity (Wildman–Crippen MR) is 76.9 cm³/mol. The minimum atomic E-state index is -0.357. The molecule has 110 valence electrons. The van der Waals surface area contributed by atoms with Crippen LogP contribution in [0.4, 0.5) is 0 Å². The smallest absolute Gasteiger partial charge is 0.254 e. The van der Waals surface area contributed by atoms with Crippen LogP contribution in [-0.4, -0.2) is 34.6 Å². The van der Waals surface area contributed by atoms with Crippen LogP contribution < -0.4 is 10.3 Å². The average molecular weight is 278 g/mol. The summed E-state index contributed by atoms with van der Waals surface area (Å²) in [5, 5.41) is 0. The second kappa shape index (κ2) is 4.96. The molecular formula is C15H22N2O3. The fraction of sp³-hybridized carbons (Fsp3) is 0.600. The largest absolute Gasteiger partial charge is 0.486 e. The molecule has 1 saturated heterocycles. The van der Waals surface area contributed by atoms with E-state index in [-0.39, 0.29) is 23.0 Å². The molecule has 0 spiro atoms. The van der Waals surface area contributed by atoms with Gasteiger partial charge in [0, 0.05) is 24.2 Å². The van der Waals surface area contributed by atoms with Gasteiger partial charge in [-0.15, -0.1) is 0 Å². The van der Waals surface area contributed by atoms with Crippen molar-refractivity contribution in [1.29, 1.82) is 0 Å². The first-order valence-corrected chi connectivity index (χ1v) is 6.82. The third-order valence-corrected chi connectivity index (χ3v) is 3.56. The molecule has 5 nitrogen and oxygen atoms in total. The van der Waals surface area contributed by atoms with Crippen molar-refractivity contribution in [2.24, 2.45) is 12.5 Å². The summed E-state index contributed by atoms with van der Waals surface area (Å²) in [7, 11) is 1.73. The van der Waals surface area contributed by atoms with Gasteiger partial charge in [-0.3, -0.25) is 9.59 Å². The first-order chi connectivity index (χ1) is 9.18. The van der Waals surface area contributed by atoms with Crippen LogP contribution in [0.15, 0.2) is 16.9 Å². The highest BCUT2D eigenvalue weighted by molar-refractivity contribution is 5.82. The van der Waals surface area contributed by atoms with E-state index >= 15 is 0 Å². The zero-order valence-corrected chi connectivity index (χ0v) is 12.8. The Morgan fingerprint density at radius 2 is 1.90 bits per heavy atom. The summed E-state index contributed by atoms with van der Waals surface area (Å²) in [6.45, 7) is 8.77. The van der Waals surface area contributed by atoms with Crippen LogP contribution >= 0.6 is 0 Å². The number of ether oxygens (including phenoxy) is 1. The number of hydrogen-bond donors (Lipinski definition) is 0. The molecule has 0 aliphatic carbocycles. The Balaban J connectivity index is 1.96. The summed E-state index contributed by atoms with van der Waals surface area (Å²) in [6, 6.07) is 3.33. The van der Waals surface area contributed by atoms with E-state index in [1.54, 1.807) is 16.5 Å². The third kappa shape index (κ3) is 2.86. The van der Waals surface area contributed by atoms with Gasteiger partial charge in [0.25, 0.3) is 5.56 Å². The van der Waals surface area contributed by atoms with Crippen molar-refractivity contribution in [3.8, 4) is 5.75 Å². The molecule has 2 heterocycles. The monoisotopic (exact) mass is 278 g/mol. The van der Waals surface area contributed by atoms with Gasteiger partial charge in [-0.1, -0.05) is 20.8 Å². The number of likely N-dealkylation sites (tertiary alicyclic amines) is 1. The van der Waals surface area contributed by atoms with Gasteiger partial charge in [-0.25, -0.2) is 0 Å². The molecular weight excluding hydrogens is 256 g/mol. The lowest BCUT2D eigenvalue weighted by Crippen LogP contribution is -2.58. The predicted octanol–water partition coefficient (Wildman–Crippen LogP) is 1.33. The molecule has 2 rings (SSSR count). The van der Waals surface area contributed by atoms with Gasteiger partial charge in [0.15, 0.2) is 0 Å². The van der Waals surface area contributed by atoms with E-state index in [1.807, 2.05) is 33.8 Å². The van der Waals surface area contributed by atoms with E-state index < -0.39 is 0 Å². The standard InChI is InChI=1S/C15H22N2O3/c1-10-6-11(7-13(18)16(10)5)20-12-8-17(9-12)14(19)15(2,3)4/h6-7,12H,8-9H2,1-5H3. The molecule has 1 aromatic heterocycles. The first-order valence-electron chi connectivity index (χ1n) is 6.82. The van der Waals surface area contributed by atoms with Crippen LogP contribution in [0.1, 0.15) is 26.5 Å². The maximum atomic E-state index is 12.0. The minimum absolute atomic E-state index is 0.0205. The number of pyridine rings is 1. The Hall–Kier alpha value is -1.78. The quantitative estimate of drug-likeness (QED) is 0.820. The summed E-state index contributed by atoms with van der Waals surface area (Å²) in [5.74, 6) is 0.718. The molecule has 1 fully saturated rings. The molecule has 0 radical (unpaired) electrons. The lowest BCUT2D eigenvalue weighted by molar-refractivity contribution is -0.148. The highest BCUT2D eigenvalue weighted by atomic mass is 16.5. The van der Waals surface area contributed by atoms with Crippen LogP contribution in [0.3, 0.4) is 0 Å². The molecule has 0 saturated carbocycles. The van der Waals surface area contributed by atoms with E-state index in [0.29, 0.717) is 18.8 Å².